The van der Waals surface area contributed by atoms with E-state index in [1.807, 2.05) is 0 Å². The number of nitro groups is 1. The maximum absolute atomic E-state index is 12.6. The van der Waals surface area contributed by atoms with Crippen molar-refractivity contribution in [3.05, 3.63) is 34.4 Å². The van der Waals surface area contributed by atoms with Gasteiger partial charge in [0.25, 0.3) is 5.69 Å². The van der Waals surface area contributed by atoms with Crippen LogP contribution in [0.2, 0.25) is 0 Å². The standard InChI is InChI=1S/C19H27N3O7/c1-18(2,3)28-15(23)11-14(21-17(25)29-19(4,5)6)16(24)20-12-8-7-9-13(10-12)22(26)27/h7-10,14H,11H2,1-6H3,(H,20,24)(H,21,25). The number of nitro benzene ring substituents is 1. The van der Waals surface area contributed by atoms with Crippen LogP contribution in [0.3, 0.4) is 0 Å². The molecule has 10 heteroatoms. The molecule has 2 amide bonds. The van der Waals surface area contributed by atoms with E-state index in [0.717, 1.165) is 6.07 Å². The van der Waals surface area contributed by atoms with Gasteiger partial charge in [0, 0.05) is 17.8 Å². The summed E-state index contributed by atoms with van der Waals surface area (Å²) >= 11 is 0. The normalized spacial score (nSPS) is 12.5. The molecule has 1 unspecified atom stereocenters. The molecule has 0 spiro atoms. The summed E-state index contributed by atoms with van der Waals surface area (Å²) in [4.78, 5) is 47.2. The fraction of sp³-hybridized carbons (Fsp3) is 0.526. The lowest BCUT2D eigenvalue weighted by Gasteiger charge is -2.24. The molecule has 0 aromatic heterocycles. The smallest absolute Gasteiger partial charge is 0.408 e. The first-order valence-electron chi connectivity index (χ1n) is 8.93. The molecule has 1 atom stereocenters. The summed E-state index contributed by atoms with van der Waals surface area (Å²) < 4.78 is 10.3. The van der Waals surface area contributed by atoms with Crippen LogP contribution >= 0.6 is 0 Å². The number of hydrogen-bond acceptors (Lipinski definition) is 7. The second-order valence-electron chi connectivity index (χ2n) is 8.29. The van der Waals surface area contributed by atoms with Crippen molar-refractivity contribution in [1.82, 2.24) is 5.32 Å². The van der Waals surface area contributed by atoms with Gasteiger partial charge in [0.15, 0.2) is 0 Å². The van der Waals surface area contributed by atoms with Crippen LogP contribution in [0.5, 0.6) is 0 Å². The van der Waals surface area contributed by atoms with E-state index >= 15 is 0 Å². The van der Waals surface area contributed by atoms with Crippen LogP contribution in [0.15, 0.2) is 24.3 Å². The first-order chi connectivity index (χ1) is 13.2. The number of nitrogens with one attached hydrogen (secondary N) is 2. The van der Waals surface area contributed by atoms with Crippen LogP contribution in [0.4, 0.5) is 16.2 Å². The Hall–Kier alpha value is -3.17. The van der Waals surface area contributed by atoms with Gasteiger partial charge in [0.1, 0.15) is 17.2 Å². The second-order valence-corrected chi connectivity index (χ2v) is 8.29. The van der Waals surface area contributed by atoms with E-state index in [9.17, 15) is 24.5 Å². The molecule has 160 valence electrons. The molecule has 1 rings (SSSR count). The molecule has 29 heavy (non-hydrogen) atoms. The van der Waals surface area contributed by atoms with E-state index in [4.69, 9.17) is 9.47 Å². The molecule has 0 radical (unpaired) electrons. The minimum atomic E-state index is -1.31. The summed E-state index contributed by atoms with van der Waals surface area (Å²) in [7, 11) is 0. The van der Waals surface area contributed by atoms with Crippen molar-refractivity contribution in [2.24, 2.45) is 0 Å². The summed E-state index contributed by atoms with van der Waals surface area (Å²) in [5.41, 5.74) is -1.66. The van der Waals surface area contributed by atoms with Crippen LogP contribution in [-0.4, -0.2) is 40.1 Å². The fourth-order valence-corrected chi connectivity index (χ4v) is 2.14. The highest BCUT2D eigenvalue weighted by molar-refractivity contribution is 5.98. The minimum Gasteiger partial charge on any atom is -0.460 e. The van der Waals surface area contributed by atoms with Gasteiger partial charge in [-0.1, -0.05) is 6.07 Å². The molecule has 0 aliphatic heterocycles. The number of nitrogens with zero attached hydrogens (tertiary/aromatic N) is 1. The number of ether oxygens (including phenoxy) is 2. The van der Waals surface area contributed by atoms with E-state index in [-0.39, 0.29) is 11.4 Å². The predicted molar refractivity (Wildman–Crippen MR) is 105 cm³/mol. The lowest BCUT2D eigenvalue weighted by atomic mass is 10.1. The van der Waals surface area contributed by atoms with E-state index in [0.29, 0.717) is 0 Å². The number of alkyl carbamates (subject to hydrolysis) is 1. The molecular weight excluding hydrogens is 382 g/mol. The fourth-order valence-electron chi connectivity index (χ4n) is 2.14. The van der Waals surface area contributed by atoms with E-state index in [2.05, 4.69) is 10.6 Å². The van der Waals surface area contributed by atoms with Crippen molar-refractivity contribution in [2.75, 3.05) is 5.32 Å². The topological polar surface area (TPSA) is 137 Å². The zero-order chi connectivity index (χ0) is 22.4. The SMILES string of the molecule is CC(C)(C)OC(=O)CC(NC(=O)OC(C)(C)C)C(=O)Nc1cccc([N+](=O)[O-])c1. The van der Waals surface area contributed by atoms with Crippen molar-refractivity contribution in [2.45, 2.75) is 65.2 Å². The third-order valence-electron chi connectivity index (χ3n) is 3.12. The zero-order valence-electron chi connectivity index (χ0n) is 17.4. The Morgan fingerprint density at radius 3 is 2.17 bits per heavy atom. The summed E-state index contributed by atoms with van der Waals surface area (Å²) in [6, 6.07) is 3.97. The monoisotopic (exact) mass is 409 g/mol. The average molecular weight is 409 g/mol. The average Bonchev–Trinajstić information content (AvgIpc) is 2.50. The molecule has 0 saturated carbocycles. The summed E-state index contributed by atoms with van der Waals surface area (Å²) in [5, 5.41) is 15.7. The predicted octanol–water partition coefficient (Wildman–Crippen LogP) is 3.16. The molecule has 0 aliphatic rings. The van der Waals surface area contributed by atoms with Crippen molar-refractivity contribution < 1.29 is 28.8 Å². The Morgan fingerprint density at radius 1 is 1.07 bits per heavy atom. The molecule has 1 aromatic rings. The van der Waals surface area contributed by atoms with Gasteiger partial charge in [-0.15, -0.1) is 0 Å². The first kappa shape index (κ1) is 23.9. The van der Waals surface area contributed by atoms with Crippen LogP contribution in [0, 0.1) is 10.1 Å². The summed E-state index contributed by atoms with van der Waals surface area (Å²) in [5.74, 6) is -1.45. The number of esters is 1. The Kier molecular flexibility index (Phi) is 7.70. The highest BCUT2D eigenvalue weighted by atomic mass is 16.6. The van der Waals surface area contributed by atoms with Gasteiger partial charge in [0.05, 0.1) is 11.3 Å². The number of carbonyl (C=O) groups excluding carboxylic acids is 3. The first-order valence-corrected chi connectivity index (χ1v) is 8.93. The van der Waals surface area contributed by atoms with Crippen molar-refractivity contribution >= 4 is 29.3 Å². The molecule has 0 saturated heterocycles. The Balaban J connectivity index is 2.97. The molecule has 0 aliphatic carbocycles. The molecule has 0 bridgehead atoms. The molecule has 0 heterocycles. The minimum absolute atomic E-state index is 0.143. The third kappa shape index (κ3) is 9.54. The van der Waals surface area contributed by atoms with Gasteiger partial charge >= 0.3 is 12.1 Å². The Bertz CT molecular complexity index is 749. The molecule has 10 nitrogen and oxygen atoms in total. The highest BCUT2D eigenvalue weighted by Gasteiger charge is 2.29. The van der Waals surface area contributed by atoms with Crippen molar-refractivity contribution in [3.8, 4) is 0 Å². The number of non-ortho nitro benzene ring substituents is 1. The maximum Gasteiger partial charge on any atom is 0.408 e. The third-order valence-corrected chi connectivity index (χ3v) is 3.12. The zero-order valence-corrected chi connectivity index (χ0v) is 17.4. The Morgan fingerprint density at radius 2 is 1.66 bits per heavy atom. The van der Waals surface area contributed by atoms with Gasteiger partial charge in [-0.3, -0.25) is 19.7 Å². The van der Waals surface area contributed by atoms with Crippen molar-refractivity contribution in [3.63, 3.8) is 0 Å². The largest absolute Gasteiger partial charge is 0.460 e. The molecule has 1 aromatic carbocycles. The number of hydrogen-bond donors (Lipinski definition) is 2. The van der Waals surface area contributed by atoms with Gasteiger partial charge in [-0.2, -0.15) is 0 Å². The summed E-state index contributed by atoms with van der Waals surface area (Å²) in [6.07, 6.45) is -1.34. The summed E-state index contributed by atoms with van der Waals surface area (Å²) in [6.45, 7) is 9.97. The van der Waals surface area contributed by atoms with Crippen LogP contribution < -0.4 is 10.6 Å². The Labute approximate surface area is 169 Å². The van der Waals surface area contributed by atoms with Crippen LogP contribution in [-0.2, 0) is 19.1 Å². The van der Waals surface area contributed by atoms with E-state index in [1.54, 1.807) is 41.5 Å². The quantitative estimate of drug-likeness (QED) is 0.418. The van der Waals surface area contributed by atoms with Crippen LogP contribution in [0.1, 0.15) is 48.0 Å². The number of anilines is 1. The van der Waals surface area contributed by atoms with Gasteiger partial charge in [0.2, 0.25) is 5.91 Å². The van der Waals surface area contributed by atoms with E-state index in [1.165, 1.54) is 18.2 Å². The second kappa shape index (κ2) is 9.35. The molecule has 2 N–H and O–H groups in total. The number of amides is 2. The molecule has 0 fully saturated rings. The number of rotatable bonds is 6. The van der Waals surface area contributed by atoms with Gasteiger partial charge < -0.3 is 20.1 Å². The lowest BCUT2D eigenvalue weighted by Crippen LogP contribution is -2.47. The number of benzene rings is 1. The van der Waals surface area contributed by atoms with E-state index < -0.39 is 46.6 Å². The lowest BCUT2D eigenvalue weighted by molar-refractivity contribution is -0.384. The highest BCUT2D eigenvalue weighted by Crippen LogP contribution is 2.18. The van der Waals surface area contributed by atoms with Gasteiger partial charge in [-0.25, -0.2) is 4.79 Å². The number of carbonyl (C=O) groups is 3. The van der Waals surface area contributed by atoms with Crippen molar-refractivity contribution in [1.29, 1.82) is 0 Å². The maximum atomic E-state index is 12.6. The van der Waals surface area contributed by atoms with Crippen LogP contribution in [0.25, 0.3) is 0 Å². The van der Waals surface area contributed by atoms with Gasteiger partial charge in [-0.05, 0) is 47.6 Å². The molecular formula is C19H27N3O7.